The Morgan fingerprint density at radius 3 is 2.33 bits per heavy atom. The van der Waals surface area contributed by atoms with Crippen LogP contribution in [0.1, 0.15) is 23.1 Å². The molecule has 27 heavy (non-hydrogen) atoms. The van der Waals surface area contributed by atoms with Crippen molar-refractivity contribution >= 4 is 23.0 Å². The lowest BCUT2D eigenvalue weighted by molar-refractivity contribution is -0.276. The quantitative estimate of drug-likeness (QED) is 0.525. The second kappa shape index (κ2) is 6.33. The largest absolute Gasteiger partial charge is 0.435 e. The van der Waals surface area contributed by atoms with Crippen LogP contribution >= 0.6 is 11.6 Å². The number of benzene rings is 2. The predicted octanol–water partition coefficient (Wildman–Crippen LogP) is 5.52. The van der Waals surface area contributed by atoms with E-state index in [1.165, 1.54) is 18.2 Å². The Hall–Kier alpha value is -2.42. The lowest BCUT2D eigenvalue weighted by Gasteiger charge is -2.30. The van der Waals surface area contributed by atoms with Crippen LogP contribution in [-0.2, 0) is 16.6 Å². The van der Waals surface area contributed by atoms with Crippen LogP contribution in [-0.4, -0.2) is 11.9 Å². The molecule has 2 N–H and O–H groups in total. The Morgan fingerprint density at radius 1 is 1.04 bits per heavy atom. The molecule has 0 aliphatic carbocycles. The normalized spacial score (nSPS) is 20.3. The second-order valence-electron chi connectivity index (χ2n) is 5.95. The molecule has 1 heterocycles. The summed E-state index contributed by atoms with van der Waals surface area (Å²) in [5.74, 6) is 0. The van der Waals surface area contributed by atoms with Crippen LogP contribution in [0.2, 0.25) is 5.02 Å². The highest BCUT2D eigenvalue weighted by Crippen LogP contribution is 2.49. The molecule has 0 aromatic heterocycles. The summed E-state index contributed by atoms with van der Waals surface area (Å²) in [6.45, 7) is 0. The minimum absolute atomic E-state index is 0.105. The van der Waals surface area contributed by atoms with E-state index >= 15 is 0 Å². The van der Waals surface area contributed by atoms with E-state index in [2.05, 4.69) is 5.16 Å². The summed E-state index contributed by atoms with van der Waals surface area (Å²) in [6.07, 6.45) is -10.6. The third-order valence-corrected chi connectivity index (χ3v) is 4.50. The average molecular weight is 409 g/mol. The molecule has 0 saturated heterocycles. The molecule has 3 nitrogen and oxygen atoms in total. The van der Waals surface area contributed by atoms with Crippen LogP contribution in [0.15, 0.2) is 47.6 Å². The molecule has 144 valence electrons. The van der Waals surface area contributed by atoms with Gasteiger partial charge >= 0.3 is 12.4 Å². The van der Waals surface area contributed by atoms with Crippen LogP contribution in [0.4, 0.5) is 32.0 Å². The summed E-state index contributed by atoms with van der Waals surface area (Å²) in [6, 6.07) is 7.04. The summed E-state index contributed by atoms with van der Waals surface area (Å²) in [5.41, 5.74) is 0.983. The molecule has 3 rings (SSSR count). The smallest absolute Gasteiger partial charge is 0.398 e. The maximum Gasteiger partial charge on any atom is 0.435 e. The molecule has 2 aromatic carbocycles. The fourth-order valence-electron chi connectivity index (χ4n) is 2.71. The zero-order valence-electron chi connectivity index (χ0n) is 13.3. The molecule has 1 aliphatic rings. The minimum atomic E-state index is -5.01. The van der Waals surface area contributed by atoms with E-state index in [4.69, 9.17) is 22.2 Å². The van der Waals surface area contributed by atoms with Crippen molar-refractivity contribution in [2.75, 3.05) is 5.73 Å². The Balaban J connectivity index is 2.04. The fourth-order valence-corrected chi connectivity index (χ4v) is 2.89. The van der Waals surface area contributed by atoms with Gasteiger partial charge in [-0.1, -0.05) is 35.0 Å². The summed E-state index contributed by atoms with van der Waals surface area (Å²) >= 11 is 5.87. The first-order valence-corrected chi connectivity index (χ1v) is 7.87. The molecule has 0 bridgehead atoms. The number of hydrogen-bond donors (Lipinski definition) is 1. The molecule has 1 atom stereocenters. The number of nitrogen functional groups attached to an aromatic ring is 1. The first-order chi connectivity index (χ1) is 12.4. The lowest BCUT2D eigenvalue weighted by Crippen LogP contribution is -2.42. The van der Waals surface area contributed by atoms with Crippen molar-refractivity contribution in [1.29, 1.82) is 0 Å². The van der Waals surface area contributed by atoms with Gasteiger partial charge in [0, 0.05) is 17.5 Å². The van der Waals surface area contributed by atoms with Gasteiger partial charge in [0.05, 0.1) is 22.0 Å². The maximum atomic E-state index is 13.8. The predicted molar refractivity (Wildman–Crippen MR) is 87.3 cm³/mol. The van der Waals surface area contributed by atoms with E-state index < -0.39 is 35.5 Å². The molecular weight excluding hydrogens is 398 g/mol. The number of halogens is 7. The molecule has 1 aliphatic heterocycles. The van der Waals surface area contributed by atoms with E-state index in [0.717, 1.165) is 12.1 Å². The number of alkyl halides is 6. The molecule has 0 radical (unpaired) electrons. The summed E-state index contributed by atoms with van der Waals surface area (Å²) in [4.78, 5) is 4.72. The Labute approximate surface area is 154 Å². The number of hydrogen-bond acceptors (Lipinski definition) is 3. The highest BCUT2D eigenvalue weighted by atomic mass is 35.5. The van der Waals surface area contributed by atoms with Gasteiger partial charge < -0.3 is 10.6 Å². The van der Waals surface area contributed by atoms with Gasteiger partial charge in [0.15, 0.2) is 0 Å². The third-order valence-electron chi connectivity index (χ3n) is 4.18. The molecule has 1 unspecified atom stereocenters. The average Bonchev–Trinajstić information content (AvgIpc) is 3.03. The summed E-state index contributed by atoms with van der Waals surface area (Å²) < 4.78 is 80.3. The number of nitrogens with two attached hydrogens (primary N) is 1. The van der Waals surface area contributed by atoms with Gasteiger partial charge in [0.1, 0.15) is 0 Å². The molecule has 2 aromatic rings. The number of nitrogens with zero attached hydrogens (tertiary/aromatic N) is 1. The van der Waals surface area contributed by atoms with E-state index in [9.17, 15) is 26.3 Å². The SMILES string of the molecule is Nc1ccc(C2=NOC(c3cccc(C(F)(F)F)c3)(C(F)(F)F)C2)cc1Cl. The van der Waals surface area contributed by atoms with Gasteiger partial charge in [-0.25, -0.2) is 0 Å². The van der Waals surface area contributed by atoms with E-state index in [1.807, 2.05) is 0 Å². The van der Waals surface area contributed by atoms with Gasteiger partial charge in [0.2, 0.25) is 0 Å². The van der Waals surface area contributed by atoms with Crippen LogP contribution in [0.3, 0.4) is 0 Å². The maximum absolute atomic E-state index is 13.8. The topological polar surface area (TPSA) is 47.6 Å². The van der Waals surface area contributed by atoms with E-state index in [-0.39, 0.29) is 22.0 Å². The second-order valence-corrected chi connectivity index (χ2v) is 6.35. The van der Waals surface area contributed by atoms with Gasteiger partial charge in [-0.15, -0.1) is 0 Å². The summed E-state index contributed by atoms with van der Waals surface area (Å²) in [7, 11) is 0. The van der Waals surface area contributed by atoms with Crippen molar-refractivity contribution in [3.05, 3.63) is 64.2 Å². The zero-order valence-corrected chi connectivity index (χ0v) is 14.1. The Morgan fingerprint density at radius 2 is 1.74 bits per heavy atom. The van der Waals surface area contributed by atoms with Crippen molar-refractivity contribution in [2.45, 2.75) is 24.4 Å². The van der Waals surface area contributed by atoms with E-state index in [0.29, 0.717) is 12.1 Å². The molecule has 10 heteroatoms. The van der Waals surface area contributed by atoms with Crippen LogP contribution in [0, 0.1) is 0 Å². The lowest BCUT2D eigenvalue weighted by atomic mass is 9.86. The molecule has 0 fully saturated rings. The zero-order chi connectivity index (χ0) is 20.0. The van der Waals surface area contributed by atoms with Gasteiger partial charge in [-0.05, 0) is 24.3 Å². The number of anilines is 1. The highest BCUT2D eigenvalue weighted by Gasteiger charge is 2.62. The van der Waals surface area contributed by atoms with Crippen molar-refractivity contribution in [2.24, 2.45) is 5.16 Å². The third kappa shape index (κ3) is 3.43. The first-order valence-electron chi connectivity index (χ1n) is 7.49. The van der Waals surface area contributed by atoms with E-state index in [1.54, 1.807) is 0 Å². The monoisotopic (exact) mass is 408 g/mol. The Kier molecular flexibility index (Phi) is 4.54. The molecule has 0 spiro atoms. The van der Waals surface area contributed by atoms with Crippen LogP contribution in [0.25, 0.3) is 0 Å². The Bertz CT molecular complexity index is 909. The number of rotatable bonds is 2. The van der Waals surface area contributed by atoms with Gasteiger partial charge in [0.25, 0.3) is 5.60 Å². The molecule has 0 amide bonds. The molecule has 0 saturated carbocycles. The van der Waals surface area contributed by atoms with Crippen LogP contribution in [0.5, 0.6) is 0 Å². The van der Waals surface area contributed by atoms with Crippen molar-refractivity contribution in [3.63, 3.8) is 0 Å². The highest BCUT2D eigenvalue weighted by molar-refractivity contribution is 6.33. The van der Waals surface area contributed by atoms with Gasteiger partial charge in [-0.3, -0.25) is 0 Å². The van der Waals surface area contributed by atoms with Crippen molar-refractivity contribution < 1.29 is 31.2 Å². The van der Waals surface area contributed by atoms with Gasteiger partial charge in [-0.2, -0.15) is 26.3 Å². The van der Waals surface area contributed by atoms with Crippen molar-refractivity contribution in [1.82, 2.24) is 0 Å². The standard InChI is InChI=1S/C17H11ClF6N2O/c18-12-6-9(4-5-13(12)25)14-8-15(27-26-14,17(22,23)24)10-2-1-3-11(7-10)16(19,20)21/h1-7H,8,25H2. The van der Waals surface area contributed by atoms with Crippen LogP contribution < -0.4 is 5.73 Å². The summed E-state index contributed by atoms with van der Waals surface area (Å²) in [5, 5.41) is 3.59. The van der Waals surface area contributed by atoms with Crippen molar-refractivity contribution in [3.8, 4) is 0 Å². The first kappa shape index (κ1) is 19.3. The fraction of sp³-hybridized carbons (Fsp3) is 0.235. The minimum Gasteiger partial charge on any atom is -0.398 e. The number of oxime groups is 1. The molecular formula is C17H11ClF6N2O.